The summed E-state index contributed by atoms with van der Waals surface area (Å²) in [5, 5.41) is 6.10. The molecule has 2 rings (SSSR count). The second kappa shape index (κ2) is 7.17. The molecule has 1 aromatic carbocycles. The molecular weight excluding hydrogens is 272 g/mol. The van der Waals surface area contributed by atoms with Crippen molar-refractivity contribution in [3.05, 3.63) is 17.7 Å². The lowest BCUT2D eigenvalue weighted by atomic mass is 10.1. The Morgan fingerprint density at radius 2 is 1.86 bits per heavy atom. The third kappa shape index (κ3) is 3.58. The van der Waals surface area contributed by atoms with Crippen LogP contribution >= 0.6 is 0 Å². The van der Waals surface area contributed by atoms with E-state index < -0.39 is 0 Å². The molecule has 0 aromatic heterocycles. The second-order valence-corrected chi connectivity index (χ2v) is 4.89. The van der Waals surface area contributed by atoms with Crippen molar-refractivity contribution in [1.82, 2.24) is 10.6 Å². The molecule has 0 aliphatic carbocycles. The minimum Gasteiger partial charge on any atom is -0.496 e. The molecule has 116 valence electrons. The van der Waals surface area contributed by atoms with Crippen LogP contribution < -0.4 is 24.8 Å². The molecule has 6 nitrogen and oxygen atoms in total. The Morgan fingerprint density at radius 3 is 2.43 bits per heavy atom. The van der Waals surface area contributed by atoms with Crippen LogP contribution in [0.2, 0.25) is 0 Å². The van der Waals surface area contributed by atoms with Gasteiger partial charge in [0.25, 0.3) is 0 Å². The lowest BCUT2D eigenvalue weighted by Gasteiger charge is -2.16. The van der Waals surface area contributed by atoms with Crippen LogP contribution in [0.5, 0.6) is 17.2 Å². The van der Waals surface area contributed by atoms with E-state index in [0.717, 1.165) is 24.9 Å². The van der Waals surface area contributed by atoms with Crippen LogP contribution in [-0.4, -0.2) is 39.8 Å². The normalized spacial score (nSPS) is 17.4. The first kappa shape index (κ1) is 15.4. The van der Waals surface area contributed by atoms with Crippen LogP contribution in [0.1, 0.15) is 18.4 Å². The van der Waals surface area contributed by atoms with Crippen molar-refractivity contribution in [2.45, 2.75) is 25.4 Å². The van der Waals surface area contributed by atoms with Gasteiger partial charge in [0.15, 0.2) is 11.5 Å². The van der Waals surface area contributed by atoms with Crippen LogP contribution in [-0.2, 0) is 11.3 Å². The third-order valence-corrected chi connectivity index (χ3v) is 3.62. The summed E-state index contributed by atoms with van der Waals surface area (Å²) in [6.45, 7) is 1.29. The van der Waals surface area contributed by atoms with Crippen molar-refractivity contribution >= 4 is 5.91 Å². The fourth-order valence-corrected chi connectivity index (χ4v) is 2.44. The highest BCUT2D eigenvalue weighted by Gasteiger charge is 2.22. The smallest absolute Gasteiger partial charge is 0.237 e. The van der Waals surface area contributed by atoms with Gasteiger partial charge >= 0.3 is 0 Å². The standard InChI is InChI=1S/C15H22N2O4/c1-19-12-8-14(21-3)13(20-2)7-10(12)9-17-15(18)11-5-4-6-16-11/h7-8,11,16H,4-6,9H2,1-3H3,(H,17,18)/t11-/m1/s1. The van der Waals surface area contributed by atoms with Gasteiger partial charge in [-0.3, -0.25) is 4.79 Å². The molecule has 1 aliphatic rings. The van der Waals surface area contributed by atoms with E-state index in [9.17, 15) is 4.79 Å². The summed E-state index contributed by atoms with van der Waals surface area (Å²) in [6, 6.07) is 3.49. The Hall–Kier alpha value is -1.95. The van der Waals surface area contributed by atoms with Crippen LogP contribution in [0, 0.1) is 0 Å². The SMILES string of the molecule is COc1cc(OC)c(OC)cc1CNC(=O)[C@H]1CCCN1. The van der Waals surface area contributed by atoms with Gasteiger partial charge in [0.1, 0.15) is 5.75 Å². The van der Waals surface area contributed by atoms with Crippen molar-refractivity contribution in [3.63, 3.8) is 0 Å². The Kier molecular flexibility index (Phi) is 5.27. The number of hydrogen-bond donors (Lipinski definition) is 2. The predicted octanol–water partition coefficient (Wildman–Crippen LogP) is 1.08. The second-order valence-electron chi connectivity index (χ2n) is 4.89. The zero-order valence-electron chi connectivity index (χ0n) is 12.7. The minimum atomic E-state index is -0.0869. The van der Waals surface area contributed by atoms with Crippen molar-refractivity contribution in [1.29, 1.82) is 0 Å². The molecule has 0 unspecified atom stereocenters. The molecule has 1 aromatic rings. The topological polar surface area (TPSA) is 68.8 Å². The van der Waals surface area contributed by atoms with Crippen molar-refractivity contribution < 1.29 is 19.0 Å². The fraction of sp³-hybridized carbons (Fsp3) is 0.533. The first-order valence-electron chi connectivity index (χ1n) is 6.99. The number of methoxy groups -OCH3 is 3. The molecule has 1 heterocycles. The maximum Gasteiger partial charge on any atom is 0.237 e. The van der Waals surface area contributed by atoms with E-state index >= 15 is 0 Å². The minimum absolute atomic E-state index is 0.0179. The lowest BCUT2D eigenvalue weighted by Crippen LogP contribution is -2.40. The highest BCUT2D eigenvalue weighted by atomic mass is 16.5. The fourth-order valence-electron chi connectivity index (χ4n) is 2.44. The Bertz CT molecular complexity index is 499. The average Bonchev–Trinajstić information content (AvgIpc) is 3.06. The molecule has 0 saturated carbocycles. The maximum atomic E-state index is 12.0. The number of rotatable bonds is 6. The van der Waals surface area contributed by atoms with Gasteiger partial charge in [0.05, 0.1) is 27.4 Å². The van der Waals surface area contributed by atoms with E-state index in [2.05, 4.69) is 10.6 Å². The van der Waals surface area contributed by atoms with Crippen molar-refractivity contribution in [3.8, 4) is 17.2 Å². The van der Waals surface area contributed by atoms with Gasteiger partial charge < -0.3 is 24.8 Å². The molecule has 21 heavy (non-hydrogen) atoms. The van der Waals surface area contributed by atoms with E-state index in [-0.39, 0.29) is 11.9 Å². The molecule has 6 heteroatoms. The largest absolute Gasteiger partial charge is 0.496 e. The molecule has 1 fully saturated rings. The molecule has 2 N–H and O–H groups in total. The Labute approximate surface area is 124 Å². The molecular formula is C15H22N2O4. The molecule has 0 spiro atoms. The summed E-state index contributed by atoms with van der Waals surface area (Å²) in [6.07, 6.45) is 1.92. The number of carbonyl (C=O) groups excluding carboxylic acids is 1. The van der Waals surface area contributed by atoms with Gasteiger partial charge in [-0.15, -0.1) is 0 Å². The van der Waals surface area contributed by atoms with Gasteiger partial charge in [-0.1, -0.05) is 0 Å². The summed E-state index contributed by atoms with van der Waals surface area (Å²) in [5.41, 5.74) is 0.849. The predicted molar refractivity (Wildman–Crippen MR) is 79.0 cm³/mol. The maximum absolute atomic E-state index is 12.0. The third-order valence-electron chi connectivity index (χ3n) is 3.62. The molecule has 1 atom stereocenters. The van der Waals surface area contributed by atoms with E-state index in [1.807, 2.05) is 6.07 Å². The molecule has 1 amide bonds. The van der Waals surface area contributed by atoms with Crippen molar-refractivity contribution in [2.75, 3.05) is 27.9 Å². The molecule has 0 radical (unpaired) electrons. The number of hydrogen-bond acceptors (Lipinski definition) is 5. The summed E-state index contributed by atoms with van der Waals surface area (Å²) in [5.74, 6) is 1.89. The number of nitrogens with one attached hydrogen (secondary N) is 2. The summed E-state index contributed by atoms with van der Waals surface area (Å²) in [7, 11) is 4.74. The quantitative estimate of drug-likeness (QED) is 0.822. The van der Waals surface area contributed by atoms with Crippen molar-refractivity contribution in [2.24, 2.45) is 0 Å². The highest BCUT2D eigenvalue weighted by molar-refractivity contribution is 5.82. The first-order valence-corrected chi connectivity index (χ1v) is 6.99. The number of benzene rings is 1. The average molecular weight is 294 g/mol. The highest BCUT2D eigenvalue weighted by Crippen LogP contribution is 2.34. The zero-order valence-corrected chi connectivity index (χ0v) is 12.7. The van der Waals surface area contributed by atoms with Crippen LogP contribution in [0.4, 0.5) is 0 Å². The van der Waals surface area contributed by atoms with Gasteiger partial charge in [-0.05, 0) is 25.5 Å². The number of carbonyl (C=O) groups is 1. The lowest BCUT2D eigenvalue weighted by molar-refractivity contribution is -0.122. The summed E-state index contributed by atoms with van der Waals surface area (Å²) in [4.78, 5) is 12.0. The van der Waals surface area contributed by atoms with E-state index in [0.29, 0.717) is 23.8 Å². The zero-order chi connectivity index (χ0) is 15.2. The first-order chi connectivity index (χ1) is 10.2. The molecule has 1 aliphatic heterocycles. The van der Waals surface area contributed by atoms with Crippen LogP contribution in [0.25, 0.3) is 0 Å². The van der Waals surface area contributed by atoms with Gasteiger partial charge in [-0.25, -0.2) is 0 Å². The van der Waals surface area contributed by atoms with Gasteiger partial charge in [-0.2, -0.15) is 0 Å². The molecule has 0 bridgehead atoms. The number of ether oxygens (including phenoxy) is 3. The Morgan fingerprint density at radius 1 is 1.19 bits per heavy atom. The van der Waals surface area contributed by atoms with E-state index in [4.69, 9.17) is 14.2 Å². The molecule has 1 saturated heterocycles. The number of amides is 1. The van der Waals surface area contributed by atoms with Gasteiger partial charge in [0, 0.05) is 18.2 Å². The van der Waals surface area contributed by atoms with Crippen LogP contribution in [0.3, 0.4) is 0 Å². The van der Waals surface area contributed by atoms with Gasteiger partial charge in [0.2, 0.25) is 5.91 Å². The van der Waals surface area contributed by atoms with E-state index in [1.165, 1.54) is 0 Å². The van der Waals surface area contributed by atoms with Crippen LogP contribution in [0.15, 0.2) is 12.1 Å². The summed E-state index contributed by atoms with van der Waals surface area (Å²) >= 11 is 0. The van der Waals surface area contributed by atoms with E-state index in [1.54, 1.807) is 27.4 Å². The monoisotopic (exact) mass is 294 g/mol. The Balaban J connectivity index is 2.09. The summed E-state index contributed by atoms with van der Waals surface area (Å²) < 4.78 is 15.9.